The summed E-state index contributed by atoms with van der Waals surface area (Å²) in [5, 5.41) is 0. The summed E-state index contributed by atoms with van der Waals surface area (Å²) in [5.74, 6) is 0. The number of aromatic nitrogens is 1. The molecule has 0 aliphatic carbocycles. The zero-order valence-electron chi connectivity index (χ0n) is 8.53. The third-order valence-electron chi connectivity index (χ3n) is 2.35. The zero-order valence-corrected chi connectivity index (χ0v) is 10.1. The molecule has 1 aromatic heterocycles. The Kier molecular flexibility index (Phi) is 3.22. The monoisotopic (exact) mass is 278 g/mol. The predicted molar refractivity (Wildman–Crippen MR) is 68.1 cm³/mol. The number of benzene rings is 1. The molecule has 2 rings (SSSR count). The normalized spacial score (nSPS) is 10.4. The van der Waals surface area contributed by atoms with Crippen LogP contribution in [-0.4, -0.2) is 4.98 Å². The van der Waals surface area contributed by atoms with Gasteiger partial charge in [-0.3, -0.25) is 4.79 Å². The lowest BCUT2D eigenvalue weighted by Crippen LogP contribution is -2.15. The highest BCUT2D eigenvalue weighted by molar-refractivity contribution is 9.10. The fourth-order valence-electron chi connectivity index (χ4n) is 1.49. The summed E-state index contributed by atoms with van der Waals surface area (Å²) in [5.41, 5.74) is 7.67. The third kappa shape index (κ3) is 2.23. The second kappa shape index (κ2) is 4.63. The fraction of sp³-hybridized carbons (Fsp3) is 0.0833. The van der Waals surface area contributed by atoms with Crippen molar-refractivity contribution in [2.75, 3.05) is 0 Å². The van der Waals surface area contributed by atoms with Crippen LogP contribution < -0.4 is 11.3 Å². The highest BCUT2D eigenvalue weighted by Gasteiger charge is 2.02. The first kappa shape index (κ1) is 11.1. The number of pyridine rings is 1. The molecule has 82 valence electrons. The number of aromatic amines is 1. The molecule has 3 N–H and O–H groups in total. The van der Waals surface area contributed by atoms with E-state index in [2.05, 4.69) is 20.9 Å². The molecule has 0 aliphatic rings. The summed E-state index contributed by atoms with van der Waals surface area (Å²) in [7, 11) is 0. The molecular weight excluding hydrogens is 268 g/mol. The highest BCUT2D eigenvalue weighted by Crippen LogP contribution is 2.20. The van der Waals surface area contributed by atoms with Gasteiger partial charge < -0.3 is 10.7 Å². The van der Waals surface area contributed by atoms with Crippen LogP contribution in [0.3, 0.4) is 0 Å². The van der Waals surface area contributed by atoms with E-state index in [0.717, 1.165) is 15.7 Å². The van der Waals surface area contributed by atoms with Crippen LogP contribution in [0.15, 0.2) is 45.7 Å². The van der Waals surface area contributed by atoms with Gasteiger partial charge >= 0.3 is 0 Å². The molecule has 0 spiro atoms. The average molecular weight is 279 g/mol. The first-order valence-electron chi connectivity index (χ1n) is 4.89. The van der Waals surface area contributed by atoms with Gasteiger partial charge in [0, 0.05) is 22.3 Å². The van der Waals surface area contributed by atoms with E-state index in [0.29, 0.717) is 5.56 Å². The van der Waals surface area contributed by atoms with E-state index in [9.17, 15) is 4.79 Å². The maximum absolute atomic E-state index is 11.6. The average Bonchev–Trinajstić information content (AvgIpc) is 2.29. The Labute approximate surface area is 101 Å². The second-order valence-corrected chi connectivity index (χ2v) is 4.36. The highest BCUT2D eigenvalue weighted by atomic mass is 79.9. The number of hydrogen-bond donors (Lipinski definition) is 2. The van der Waals surface area contributed by atoms with Gasteiger partial charge in [-0.25, -0.2) is 0 Å². The largest absolute Gasteiger partial charge is 0.326 e. The molecule has 0 bridgehead atoms. The van der Waals surface area contributed by atoms with Crippen molar-refractivity contribution in [3.05, 3.63) is 56.8 Å². The SMILES string of the molecule is NCc1ccc(-c2cccc(Br)c2)[nH]c1=O. The minimum atomic E-state index is -0.125. The minimum Gasteiger partial charge on any atom is -0.326 e. The zero-order chi connectivity index (χ0) is 11.5. The molecule has 0 atom stereocenters. The summed E-state index contributed by atoms with van der Waals surface area (Å²) < 4.78 is 0.980. The van der Waals surface area contributed by atoms with Crippen molar-refractivity contribution in [1.29, 1.82) is 0 Å². The molecule has 0 amide bonds. The first-order chi connectivity index (χ1) is 7.70. The van der Waals surface area contributed by atoms with Crippen molar-refractivity contribution in [3.63, 3.8) is 0 Å². The van der Waals surface area contributed by atoms with Crippen molar-refractivity contribution in [3.8, 4) is 11.3 Å². The Hall–Kier alpha value is -1.39. The van der Waals surface area contributed by atoms with Gasteiger partial charge in [0.15, 0.2) is 0 Å². The van der Waals surface area contributed by atoms with Gasteiger partial charge in [-0.2, -0.15) is 0 Å². The molecule has 3 nitrogen and oxygen atoms in total. The molecule has 2 aromatic rings. The lowest BCUT2D eigenvalue weighted by Gasteiger charge is -2.03. The van der Waals surface area contributed by atoms with Crippen LogP contribution in [0.1, 0.15) is 5.56 Å². The van der Waals surface area contributed by atoms with Crippen molar-refractivity contribution in [1.82, 2.24) is 4.98 Å². The predicted octanol–water partition coefficient (Wildman–Crippen LogP) is 2.26. The number of H-pyrrole nitrogens is 1. The van der Waals surface area contributed by atoms with Crippen molar-refractivity contribution < 1.29 is 0 Å². The van der Waals surface area contributed by atoms with Crippen LogP contribution in [0.5, 0.6) is 0 Å². The lowest BCUT2D eigenvalue weighted by molar-refractivity contribution is 1.02. The van der Waals surface area contributed by atoms with Gasteiger partial charge in [-0.05, 0) is 23.8 Å². The van der Waals surface area contributed by atoms with Gasteiger partial charge in [0.25, 0.3) is 5.56 Å². The van der Waals surface area contributed by atoms with Crippen LogP contribution in [0.4, 0.5) is 0 Å². The van der Waals surface area contributed by atoms with Crippen molar-refractivity contribution in [2.24, 2.45) is 5.73 Å². The molecule has 0 unspecified atom stereocenters. The Bertz CT molecular complexity index is 563. The number of rotatable bonds is 2. The number of nitrogens with two attached hydrogens (primary N) is 1. The summed E-state index contributed by atoms with van der Waals surface area (Å²) in [6.45, 7) is 0.258. The molecule has 0 saturated carbocycles. The van der Waals surface area contributed by atoms with E-state index in [1.807, 2.05) is 30.3 Å². The Morgan fingerprint density at radius 3 is 2.69 bits per heavy atom. The van der Waals surface area contributed by atoms with E-state index in [4.69, 9.17) is 5.73 Å². The van der Waals surface area contributed by atoms with Gasteiger partial charge in [-0.15, -0.1) is 0 Å². The third-order valence-corrected chi connectivity index (χ3v) is 2.84. The van der Waals surface area contributed by atoms with Gasteiger partial charge in [0.1, 0.15) is 0 Å². The Balaban J connectivity index is 2.49. The Morgan fingerprint density at radius 1 is 1.25 bits per heavy atom. The van der Waals surface area contributed by atoms with Crippen LogP contribution >= 0.6 is 15.9 Å². The van der Waals surface area contributed by atoms with E-state index in [1.54, 1.807) is 6.07 Å². The molecule has 0 saturated heterocycles. The van der Waals surface area contributed by atoms with E-state index in [1.165, 1.54) is 0 Å². The van der Waals surface area contributed by atoms with Crippen molar-refractivity contribution >= 4 is 15.9 Å². The second-order valence-electron chi connectivity index (χ2n) is 3.44. The number of hydrogen-bond acceptors (Lipinski definition) is 2. The molecule has 1 heterocycles. The van der Waals surface area contributed by atoms with Crippen LogP contribution in [0.25, 0.3) is 11.3 Å². The summed E-state index contributed by atoms with van der Waals surface area (Å²) in [6.07, 6.45) is 0. The van der Waals surface area contributed by atoms with Gasteiger partial charge in [0.05, 0.1) is 0 Å². The van der Waals surface area contributed by atoms with Crippen molar-refractivity contribution in [2.45, 2.75) is 6.54 Å². The summed E-state index contributed by atoms with van der Waals surface area (Å²) >= 11 is 3.39. The smallest absolute Gasteiger partial charge is 0.252 e. The van der Waals surface area contributed by atoms with Crippen LogP contribution in [-0.2, 0) is 6.54 Å². The quantitative estimate of drug-likeness (QED) is 0.885. The minimum absolute atomic E-state index is 0.125. The topological polar surface area (TPSA) is 58.9 Å². The fourth-order valence-corrected chi connectivity index (χ4v) is 1.89. The molecule has 1 aromatic carbocycles. The van der Waals surface area contributed by atoms with E-state index in [-0.39, 0.29) is 12.1 Å². The van der Waals surface area contributed by atoms with Gasteiger partial charge in [0.2, 0.25) is 0 Å². The number of nitrogens with one attached hydrogen (secondary N) is 1. The molecule has 0 aliphatic heterocycles. The van der Waals surface area contributed by atoms with Crippen LogP contribution in [0.2, 0.25) is 0 Å². The maximum atomic E-state index is 11.6. The summed E-state index contributed by atoms with van der Waals surface area (Å²) in [4.78, 5) is 14.4. The molecule has 0 radical (unpaired) electrons. The maximum Gasteiger partial charge on any atom is 0.252 e. The Morgan fingerprint density at radius 2 is 2.06 bits per heavy atom. The first-order valence-corrected chi connectivity index (χ1v) is 5.68. The van der Waals surface area contributed by atoms with E-state index >= 15 is 0 Å². The molecule has 4 heteroatoms. The number of halogens is 1. The molecular formula is C12H11BrN2O. The van der Waals surface area contributed by atoms with E-state index < -0.39 is 0 Å². The van der Waals surface area contributed by atoms with Crippen LogP contribution in [0, 0.1) is 0 Å². The summed E-state index contributed by atoms with van der Waals surface area (Å²) in [6, 6.07) is 11.4. The lowest BCUT2D eigenvalue weighted by atomic mass is 10.1. The molecule has 16 heavy (non-hydrogen) atoms. The standard InChI is InChI=1S/C12H11BrN2O/c13-10-3-1-2-8(6-10)11-5-4-9(7-14)12(16)15-11/h1-6H,7,14H2,(H,15,16). The van der Waals surface area contributed by atoms with Gasteiger partial charge in [-0.1, -0.05) is 34.1 Å². The molecule has 0 fully saturated rings.